The van der Waals surface area contributed by atoms with E-state index < -0.39 is 35.0 Å². The first-order valence-corrected chi connectivity index (χ1v) is 13.9. The van der Waals surface area contributed by atoms with Gasteiger partial charge in [0.25, 0.3) is 0 Å². The number of hydrogen-bond acceptors (Lipinski definition) is 6. The Balaban J connectivity index is 1.57. The molecular weight excluding hydrogens is 484 g/mol. The molecule has 5 rings (SSSR count). The number of amides is 2. The Labute approximate surface area is 224 Å². The number of unbranched alkanes of at least 4 members (excludes halogenated alkanes) is 2. The second-order valence-corrected chi connectivity index (χ2v) is 10.8. The van der Waals surface area contributed by atoms with E-state index in [1.807, 2.05) is 61.6 Å². The molecule has 4 heterocycles. The maximum Gasteiger partial charge on any atom is 0.313 e. The van der Waals surface area contributed by atoms with Crippen LogP contribution in [0.25, 0.3) is 0 Å². The van der Waals surface area contributed by atoms with E-state index >= 15 is 0 Å². The molecule has 2 amide bonds. The van der Waals surface area contributed by atoms with Gasteiger partial charge in [0.15, 0.2) is 0 Å². The minimum absolute atomic E-state index is 0.0822. The van der Waals surface area contributed by atoms with Crippen LogP contribution in [0.15, 0.2) is 54.6 Å². The molecule has 2 fully saturated rings. The van der Waals surface area contributed by atoms with Crippen LogP contribution in [0.2, 0.25) is 0 Å². The van der Waals surface area contributed by atoms with Gasteiger partial charge in [-0.2, -0.15) is 0 Å². The summed E-state index contributed by atoms with van der Waals surface area (Å²) in [4.78, 5) is 45.5. The predicted molar refractivity (Wildman–Crippen MR) is 141 cm³/mol. The number of hydrogen-bond donors (Lipinski definition) is 1. The molecule has 38 heavy (non-hydrogen) atoms. The monoisotopic (exact) mass is 522 g/mol. The number of nitrogens with zero attached hydrogens (tertiary/aromatic N) is 2. The van der Waals surface area contributed by atoms with Crippen molar-refractivity contribution in [3.8, 4) is 0 Å². The molecule has 1 aromatic carbocycles. The molecule has 204 valence electrons. The number of fused-ring (bicyclic) bond motifs is 2. The van der Waals surface area contributed by atoms with E-state index in [4.69, 9.17) is 9.47 Å². The summed E-state index contributed by atoms with van der Waals surface area (Å²) in [6.07, 6.45) is 11.7. The van der Waals surface area contributed by atoms with Crippen LogP contribution in [0.4, 0.5) is 0 Å². The molecule has 4 aliphatic rings. The van der Waals surface area contributed by atoms with Crippen molar-refractivity contribution in [1.29, 1.82) is 0 Å². The molecule has 8 heteroatoms. The number of cyclic esters (lactones) is 1. The topological polar surface area (TPSA) is 96.4 Å². The normalized spacial score (nSPS) is 33.5. The molecule has 2 saturated heterocycles. The lowest BCUT2D eigenvalue weighted by Crippen LogP contribution is -2.56. The van der Waals surface area contributed by atoms with Crippen molar-refractivity contribution >= 4 is 17.8 Å². The third kappa shape index (κ3) is 4.47. The Bertz CT molecular complexity index is 1100. The third-order valence-corrected chi connectivity index (χ3v) is 8.49. The van der Waals surface area contributed by atoms with E-state index in [2.05, 4.69) is 0 Å². The summed E-state index contributed by atoms with van der Waals surface area (Å²) in [6, 6.07) is 8.92. The van der Waals surface area contributed by atoms with Crippen molar-refractivity contribution < 1.29 is 29.0 Å². The fourth-order valence-corrected chi connectivity index (χ4v) is 6.68. The van der Waals surface area contributed by atoms with E-state index in [0.29, 0.717) is 51.9 Å². The molecule has 0 aromatic heterocycles. The number of allylic oxidation sites excluding steroid dienone is 1. The largest absolute Gasteiger partial charge is 0.465 e. The lowest BCUT2D eigenvalue weighted by atomic mass is 9.73. The van der Waals surface area contributed by atoms with E-state index in [0.717, 1.165) is 18.4 Å². The van der Waals surface area contributed by atoms with Gasteiger partial charge in [0.05, 0.1) is 12.5 Å². The average Bonchev–Trinajstić information content (AvgIpc) is 3.30. The van der Waals surface area contributed by atoms with Crippen molar-refractivity contribution in [3.05, 3.63) is 60.2 Å². The van der Waals surface area contributed by atoms with Gasteiger partial charge >= 0.3 is 5.97 Å². The van der Waals surface area contributed by atoms with Crippen molar-refractivity contribution in [2.24, 2.45) is 11.8 Å². The first-order valence-electron chi connectivity index (χ1n) is 13.9. The molecule has 1 spiro atoms. The summed E-state index contributed by atoms with van der Waals surface area (Å²) in [7, 11) is 0. The van der Waals surface area contributed by atoms with E-state index in [1.165, 1.54) is 0 Å². The fraction of sp³-hybridized carbons (Fsp3) is 0.567. The van der Waals surface area contributed by atoms with Gasteiger partial charge < -0.3 is 24.4 Å². The number of carbonyl (C=O) groups is 3. The van der Waals surface area contributed by atoms with Crippen molar-refractivity contribution in [2.45, 2.75) is 69.2 Å². The summed E-state index contributed by atoms with van der Waals surface area (Å²) < 4.78 is 12.6. The molecule has 1 N–H and O–H groups in total. The number of esters is 1. The van der Waals surface area contributed by atoms with Crippen LogP contribution in [0.5, 0.6) is 0 Å². The third-order valence-electron chi connectivity index (χ3n) is 8.49. The Morgan fingerprint density at radius 3 is 2.58 bits per heavy atom. The molecule has 8 nitrogen and oxygen atoms in total. The fourth-order valence-electron chi connectivity index (χ4n) is 6.68. The lowest BCUT2D eigenvalue weighted by molar-refractivity contribution is -0.161. The van der Waals surface area contributed by atoms with Crippen LogP contribution in [0.3, 0.4) is 0 Å². The van der Waals surface area contributed by atoms with Gasteiger partial charge in [-0.1, -0.05) is 61.6 Å². The Hall–Kier alpha value is -2.97. The zero-order chi connectivity index (χ0) is 26.8. The maximum absolute atomic E-state index is 14.3. The van der Waals surface area contributed by atoms with Gasteiger partial charge in [-0.25, -0.2) is 0 Å². The van der Waals surface area contributed by atoms with Crippen LogP contribution in [-0.2, 0) is 30.4 Å². The lowest BCUT2D eigenvalue weighted by Gasteiger charge is -2.38. The SMILES string of the molecule is CC[C@]12/C=C\CCCOC(=O)[C@H]1[C@H]1C(=O)N(CCCCCO)C3C(=O)N(Cc4ccccc4)CC=C[C@@]31O2. The van der Waals surface area contributed by atoms with E-state index in [-0.39, 0.29) is 18.4 Å². The maximum atomic E-state index is 14.3. The van der Waals surface area contributed by atoms with E-state index in [9.17, 15) is 19.5 Å². The van der Waals surface area contributed by atoms with Crippen molar-refractivity contribution in [2.75, 3.05) is 26.3 Å². The molecular formula is C30H38N2O6. The highest BCUT2D eigenvalue weighted by molar-refractivity contribution is 5.99. The molecule has 0 saturated carbocycles. The minimum Gasteiger partial charge on any atom is -0.465 e. The summed E-state index contributed by atoms with van der Waals surface area (Å²) in [6.45, 7) is 3.49. The van der Waals surface area contributed by atoms with Crippen LogP contribution in [-0.4, -0.2) is 76.2 Å². The summed E-state index contributed by atoms with van der Waals surface area (Å²) in [5.74, 6) is -2.52. The van der Waals surface area contributed by atoms with Gasteiger partial charge in [0.2, 0.25) is 11.8 Å². The van der Waals surface area contributed by atoms with Crippen LogP contribution < -0.4 is 0 Å². The number of carbonyl (C=O) groups excluding carboxylic acids is 3. The Morgan fingerprint density at radius 2 is 1.82 bits per heavy atom. The van der Waals surface area contributed by atoms with Crippen LogP contribution in [0, 0.1) is 11.8 Å². The number of benzene rings is 1. The van der Waals surface area contributed by atoms with Gasteiger partial charge in [-0.3, -0.25) is 14.4 Å². The first kappa shape index (κ1) is 26.6. The quantitative estimate of drug-likeness (QED) is 0.320. The summed E-state index contributed by atoms with van der Waals surface area (Å²) in [5, 5.41) is 9.24. The van der Waals surface area contributed by atoms with Gasteiger partial charge in [-0.05, 0) is 44.1 Å². The van der Waals surface area contributed by atoms with Crippen molar-refractivity contribution in [3.63, 3.8) is 0 Å². The highest BCUT2D eigenvalue weighted by Gasteiger charge is 2.75. The average molecular weight is 523 g/mol. The second kappa shape index (κ2) is 11.0. The number of ether oxygens (including phenoxy) is 2. The second-order valence-electron chi connectivity index (χ2n) is 10.8. The van der Waals surface area contributed by atoms with Crippen molar-refractivity contribution in [1.82, 2.24) is 9.80 Å². The molecule has 0 aliphatic carbocycles. The van der Waals surface area contributed by atoms with Gasteiger partial charge in [0, 0.05) is 26.2 Å². The van der Waals surface area contributed by atoms with Crippen LogP contribution in [0.1, 0.15) is 51.0 Å². The van der Waals surface area contributed by atoms with Gasteiger partial charge in [0.1, 0.15) is 23.2 Å². The highest BCUT2D eigenvalue weighted by atomic mass is 16.6. The molecule has 1 aromatic rings. The smallest absolute Gasteiger partial charge is 0.313 e. The number of aliphatic hydroxyl groups is 1. The zero-order valence-electron chi connectivity index (χ0n) is 22.1. The van der Waals surface area contributed by atoms with Gasteiger partial charge in [-0.15, -0.1) is 0 Å². The summed E-state index contributed by atoms with van der Waals surface area (Å²) in [5.41, 5.74) is -1.29. The standard InChI is InChI=1S/C30H38N2O6/c1-2-29-15-8-4-11-20-37-28(36)24(29)23-26(34)32(18-9-5-10-19-33)25-27(35)31(17-12-16-30(23,25)38-29)21-22-13-6-3-7-14-22/h3,6-8,12-16,23-25,33H,2,4-5,9-11,17-21H2,1H3/b15-8-/t23-,24+,25?,29-,30-/m0/s1. The molecule has 4 aliphatic heterocycles. The number of aliphatic hydroxyl groups excluding tert-OH is 1. The number of likely N-dealkylation sites (tertiary alicyclic amines) is 1. The van der Waals surface area contributed by atoms with Crippen LogP contribution >= 0.6 is 0 Å². The Kier molecular flexibility index (Phi) is 7.73. The minimum atomic E-state index is -1.26. The summed E-state index contributed by atoms with van der Waals surface area (Å²) >= 11 is 0. The molecule has 0 bridgehead atoms. The molecule has 1 unspecified atom stereocenters. The molecule has 0 radical (unpaired) electrons. The zero-order valence-corrected chi connectivity index (χ0v) is 22.1. The van der Waals surface area contributed by atoms with E-state index in [1.54, 1.807) is 9.80 Å². The Morgan fingerprint density at radius 1 is 1.00 bits per heavy atom. The molecule has 5 atom stereocenters. The predicted octanol–water partition coefficient (Wildman–Crippen LogP) is 3.00. The highest BCUT2D eigenvalue weighted by Crippen LogP contribution is 2.58. The number of rotatable bonds is 8. The first-order chi connectivity index (χ1) is 18.5.